The third kappa shape index (κ3) is 4.53. The number of amides is 2. The number of likely N-dealkylation sites (tertiary alicyclic amines) is 1. The number of carbonyl (C=O) groups excluding carboxylic acids is 2. The van der Waals surface area contributed by atoms with E-state index in [9.17, 15) is 14.0 Å². The molecular formula is C26H27FN4O2. The highest BCUT2D eigenvalue weighted by Gasteiger charge is 2.30. The van der Waals surface area contributed by atoms with E-state index < -0.39 is 0 Å². The number of hydrogen-bond acceptors (Lipinski definition) is 3. The number of halogens is 1. The van der Waals surface area contributed by atoms with Crippen LogP contribution in [0.1, 0.15) is 51.5 Å². The molecule has 0 bridgehead atoms. The Hall–Kier alpha value is -3.48. The van der Waals surface area contributed by atoms with E-state index in [0.29, 0.717) is 31.7 Å². The maximum absolute atomic E-state index is 13.3. The highest BCUT2D eigenvalue weighted by molar-refractivity contribution is 5.95. The van der Waals surface area contributed by atoms with Crippen molar-refractivity contribution in [1.82, 2.24) is 20.0 Å². The number of benzene rings is 2. The SMILES string of the molecule is O=C(Cc1ccc(F)cc1)N1CCC(c2[nH]ncc2C(=O)N2CCc3ccccc3C2)CC1. The molecule has 33 heavy (non-hydrogen) atoms. The van der Waals surface area contributed by atoms with Crippen molar-refractivity contribution < 1.29 is 14.0 Å². The summed E-state index contributed by atoms with van der Waals surface area (Å²) in [6.45, 7) is 2.59. The average molecular weight is 447 g/mol. The Balaban J connectivity index is 1.21. The minimum atomic E-state index is -0.300. The molecule has 3 aromatic rings. The van der Waals surface area contributed by atoms with Gasteiger partial charge in [0.05, 0.1) is 23.9 Å². The number of hydrogen-bond donors (Lipinski definition) is 1. The molecule has 5 rings (SSSR count). The predicted octanol–water partition coefficient (Wildman–Crippen LogP) is 3.70. The van der Waals surface area contributed by atoms with Gasteiger partial charge in [0.15, 0.2) is 0 Å². The summed E-state index contributed by atoms with van der Waals surface area (Å²) in [6.07, 6.45) is 4.34. The van der Waals surface area contributed by atoms with Crippen LogP contribution >= 0.6 is 0 Å². The van der Waals surface area contributed by atoms with Gasteiger partial charge in [-0.2, -0.15) is 5.10 Å². The van der Waals surface area contributed by atoms with Gasteiger partial charge in [-0.05, 0) is 48.1 Å². The van der Waals surface area contributed by atoms with Crippen LogP contribution in [0.5, 0.6) is 0 Å². The summed E-state index contributed by atoms with van der Waals surface area (Å²) < 4.78 is 13.1. The van der Waals surface area contributed by atoms with E-state index in [-0.39, 0.29) is 30.0 Å². The van der Waals surface area contributed by atoms with Crippen LogP contribution in [0.25, 0.3) is 0 Å². The van der Waals surface area contributed by atoms with Gasteiger partial charge in [-0.3, -0.25) is 14.7 Å². The van der Waals surface area contributed by atoms with Crippen LogP contribution in [-0.2, 0) is 24.2 Å². The van der Waals surface area contributed by atoms with Crippen molar-refractivity contribution in [3.05, 3.63) is 88.5 Å². The molecule has 2 amide bonds. The quantitative estimate of drug-likeness (QED) is 0.665. The van der Waals surface area contributed by atoms with Crippen molar-refractivity contribution in [2.24, 2.45) is 0 Å². The lowest BCUT2D eigenvalue weighted by molar-refractivity contribution is -0.131. The lowest BCUT2D eigenvalue weighted by atomic mass is 9.90. The van der Waals surface area contributed by atoms with Crippen LogP contribution < -0.4 is 0 Å². The third-order valence-electron chi connectivity index (χ3n) is 6.84. The first kappa shape index (κ1) is 21.4. The Morgan fingerprint density at radius 1 is 0.970 bits per heavy atom. The van der Waals surface area contributed by atoms with Gasteiger partial charge in [-0.25, -0.2) is 4.39 Å². The lowest BCUT2D eigenvalue weighted by Crippen LogP contribution is -2.39. The molecular weight excluding hydrogens is 419 g/mol. The molecule has 2 aliphatic rings. The predicted molar refractivity (Wildman–Crippen MR) is 122 cm³/mol. The van der Waals surface area contributed by atoms with E-state index in [4.69, 9.17) is 0 Å². The van der Waals surface area contributed by atoms with Gasteiger partial charge in [0.25, 0.3) is 5.91 Å². The van der Waals surface area contributed by atoms with Crippen LogP contribution in [0.15, 0.2) is 54.7 Å². The Kier molecular flexibility index (Phi) is 5.94. The molecule has 7 heteroatoms. The molecule has 0 saturated carbocycles. The van der Waals surface area contributed by atoms with Gasteiger partial charge in [-0.1, -0.05) is 36.4 Å². The lowest BCUT2D eigenvalue weighted by Gasteiger charge is -2.33. The summed E-state index contributed by atoms with van der Waals surface area (Å²) in [5.41, 5.74) is 4.85. The minimum Gasteiger partial charge on any atom is -0.342 e. The summed E-state index contributed by atoms with van der Waals surface area (Å²) in [4.78, 5) is 29.7. The summed E-state index contributed by atoms with van der Waals surface area (Å²) in [6, 6.07) is 14.3. The van der Waals surface area contributed by atoms with Gasteiger partial charge < -0.3 is 9.80 Å². The molecule has 6 nitrogen and oxygen atoms in total. The molecule has 0 aliphatic carbocycles. The Labute approximate surface area is 192 Å². The zero-order chi connectivity index (χ0) is 22.8. The first-order valence-corrected chi connectivity index (χ1v) is 11.5. The number of piperidine rings is 1. The van der Waals surface area contributed by atoms with Gasteiger partial charge in [-0.15, -0.1) is 0 Å². The number of fused-ring (bicyclic) bond motifs is 1. The second kappa shape index (κ2) is 9.17. The maximum atomic E-state index is 13.3. The normalized spacial score (nSPS) is 16.5. The van der Waals surface area contributed by atoms with E-state index in [1.165, 1.54) is 23.3 Å². The van der Waals surface area contributed by atoms with Gasteiger partial charge in [0.1, 0.15) is 5.82 Å². The fourth-order valence-corrected chi connectivity index (χ4v) is 4.92. The largest absolute Gasteiger partial charge is 0.342 e. The minimum absolute atomic E-state index is 0.0167. The number of rotatable bonds is 4. The number of aromatic amines is 1. The van der Waals surface area contributed by atoms with Gasteiger partial charge >= 0.3 is 0 Å². The van der Waals surface area contributed by atoms with Gasteiger partial charge in [0.2, 0.25) is 5.91 Å². The van der Waals surface area contributed by atoms with Crippen LogP contribution in [0.4, 0.5) is 4.39 Å². The maximum Gasteiger partial charge on any atom is 0.257 e. The summed E-state index contributed by atoms with van der Waals surface area (Å²) in [7, 11) is 0. The number of carbonyl (C=O) groups is 2. The van der Waals surface area contributed by atoms with Crippen molar-refractivity contribution in [2.45, 2.75) is 38.1 Å². The Bertz CT molecular complexity index is 1150. The molecule has 1 fully saturated rings. The third-order valence-corrected chi connectivity index (χ3v) is 6.84. The fraction of sp³-hybridized carbons (Fsp3) is 0.346. The van der Waals surface area contributed by atoms with Crippen molar-refractivity contribution in [1.29, 1.82) is 0 Å². The fourth-order valence-electron chi connectivity index (χ4n) is 4.92. The van der Waals surface area contributed by atoms with E-state index in [0.717, 1.165) is 30.5 Å². The van der Waals surface area contributed by atoms with Gasteiger partial charge in [0, 0.05) is 32.1 Å². The van der Waals surface area contributed by atoms with Crippen molar-refractivity contribution in [3.63, 3.8) is 0 Å². The molecule has 3 heterocycles. The molecule has 0 radical (unpaired) electrons. The second-order valence-electron chi connectivity index (χ2n) is 8.90. The second-order valence-corrected chi connectivity index (χ2v) is 8.90. The Morgan fingerprint density at radius 3 is 2.45 bits per heavy atom. The molecule has 170 valence electrons. The van der Waals surface area contributed by atoms with Crippen LogP contribution in [0, 0.1) is 5.82 Å². The Morgan fingerprint density at radius 2 is 1.70 bits per heavy atom. The highest BCUT2D eigenvalue weighted by Crippen LogP contribution is 2.30. The van der Waals surface area contributed by atoms with E-state index in [2.05, 4.69) is 22.3 Å². The van der Waals surface area contributed by atoms with E-state index in [1.807, 2.05) is 21.9 Å². The molecule has 1 N–H and O–H groups in total. The van der Waals surface area contributed by atoms with Crippen LogP contribution in [-0.4, -0.2) is 51.4 Å². The molecule has 1 saturated heterocycles. The first-order chi connectivity index (χ1) is 16.1. The zero-order valence-corrected chi connectivity index (χ0v) is 18.5. The number of aromatic nitrogens is 2. The zero-order valence-electron chi connectivity index (χ0n) is 18.5. The molecule has 2 aromatic carbocycles. The average Bonchev–Trinajstić information content (AvgIpc) is 3.35. The van der Waals surface area contributed by atoms with Crippen molar-refractivity contribution in [2.75, 3.05) is 19.6 Å². The summed E-state index contributed by atoms with van der Waals surface area (Å²) in [5.74, 6) is -0.0694. The number of nitrogens with one attached hydrogen (secondary N) is 1. The number of H-pyrrole nitrogens is 1. The van der Waals surface area contributed by atoms with Crippen molar-refractivity contribution in [3.8, 4) is 0 Å². The summed E-state index contributed by atoms with van der Waals surface area (Å²) >= 11 is 0. The molecule has 0 unspecified atom stereocenters. The van der Waals surface area contributed by atoms with Crippen LogP contribution in [0.2, 0.25) is 0 Å². The number of nitrogens with zero attached hydrogens (tertiary/aromatic N) is 3. The van der Waals surface area contributed by atoms with Crippen LogP contribution in [0.3, 0.4) is 0 Å². The molecule has 0 atom stereocenters. The summed E-state index contributed by atoms with van der Waals surface area (Å²) in [5, 5.41) is 7.26. The molecule has 0 spiro atoms. The first-order valence-electron chi connectivity index (χ1n) is 11.5. The standard InChI is InChI=1S/C26H27FN4O2/c27-22-7-5-18(6-8-22)15-24(32)30-12-10-20(11-13-30)25-23(16-28-29-25)26(33)31-14-9-19-3-1-2-4-21(19)17-31/h1-8,16,20H,9-15,17H2,(H,28,29). The van der Waals surface area contributed by atoms with E-state index >= 15 is 0 Å². The molecule has 2 aliphatic heterocycles. The monoisotopic (exact) mass is 446 g/mol. The van der Waals surface area contributed by atoms with Crippen molar-refractivity contribution >= 4 is 11.8 Å². The smallest absolute Gasteiger partial charge is 0.257 e. The highest BCUT2D eigenvalue weighted by atomic mass is 19.1. The molecule has 1 aromatic heterocycles. The van der Waals surface area contributed by atoms with E-state index in [1.54, 1.807) is 18.3 Å². The topological polar surface area (TPSA) is 69.3 Å².